The maximum atomic E-state index is 5.89. The molecular weight excluding hydrogens is 382 g/mol. The zero-order chi connectivity index (χ0) is 21.7. The van der Waals surface area contributed by atoms with Gasteiger partial charge in [-0.25, -0.2) is 0 Å². The van der Waals surface area contributed by atoms with Crippen LogP contribution in [0.15, 0.2) is 35.3 Å². The number of nitrogens with one attached hydrogen (secondary N) is 2. The molecule has 0 fully saturated rings. The summed E-state index contributed by atoms with van der Waals surface area (Å²) in [5, 5.41) is 6.77. The van der Waals surface area contributed by atoms with Crippen molar-refractivity contribution in [2.45, 2.75) is 39.0 Å². The number of nitrogens with zero attached hydrogens (tertiary/aromatic N) is 1. The highest BCUT2D eigenvalue weighted by Gasteiger charge is 2.22. The van der Waals surface area contributed by atoms with Crippen LogP contribution in [0.3, 0.4) is 0 Å². The molecule has 1 aliphatic rings. The number of hydrogen-bond acceptors (Lipinski definition) is 5. The van der Waals surface area contributed by atoms with Crippen LogP contribution in [0.4, 0.5) is 0 Å². The van der Waals surface area contributed by atoms with Gasteiger partial charge in [0, 0.05) is 36.7 Å². The van der Waals surface area contributed by atoms with Crippen LogP contribution in [0, 0.1) is 0 Å². The third-order valence-corrected chi connectivity index (χ3v) is 5.23. The number of guanidine groups is 1. The molecule has 7 nitrogen and oxygen atoms in total. The summed E-state index contributed by atoms with van der Waals surface area (Å²) in [6, 6.07) is 9.81. The predicted octanol–water partition coefficient (Wildman–Crippen LogP) is 3.46. The van der Waals surface area contributed by atoms with Crippen molar-refractivity contribution in [1.29, 1.82) is 0 Å². The van der Waals surface area contributed by atoms with Crippen molar-refractivity contribution in [3.05, 3.63) is 47.0 Å². The highest BCUT2D eigenvalue weighted by atomic mass is 16.5. The average Bonchev–Trinajstić information content (AvgIpc) is 3.13. The lowest BCUT2D eigenvalue weighted by Gasteiger charge is -2.21. The SMILES string of the molecule is CN=C(NCc1cc2c(cc1OC)CC(C)O2)NC(C)c1cc(OC)ccc1OC. The van der Waals surface area contributed by atoms with Crippen LogP contribution in [0.25, 0.3) is 0 Å². The van der Waals surface area contributed by atoms with E-state index in [0.29, 0.717) is 12.5 Å². The number of hydrogen-bond donors (Lipinski definition) is 2. The van der Waals surface area contributed by atoms with Crippen LogP contribution in [0.2, 0.25) is 0 Å². The van der Waals surface area contributed by atoms with Gasteiger partial charge in [0.1, 0.15) is 29.1 Å². The fraction of sp³-hybridized carbons (Fsp3) is 0.435. The van der Waals surface area contributed by atoms with Crippen molar-refractivity contribution in [1.82, 2.24) is 10.6 Å². The standard InChI is InChI=1S/C23H31N3O4/c1-14-9-16-10-21(29-6)17(11-22(16)30-14)13-25-23(24-3)26-15(2)19-12-18(27-4)7-8-20(19)28-5/h7-8,10-12,14-15H,9,13H2,1-6H3,(H2,24,25,26). The molecular formula is C23H31N3O4. The molecule has 7 heteroatoms. The van der Waals surface area contributed by atoms with Crippen LogP contribution >= 0.6 is 0 Å². The molecule has 3 rings (SSSR count). The van der Waals surface area contributed by atoms with Crippen molar-refractivity contribution in [3.63, 3.8) is 0 Å². The van der Waals surface area contributed by atoms with Gasteiger partial charge in [0.05, 0.1) is 27.4 Å². The van der Waals surface area contributed by atoms with Gasteiger partial charge in [0.25, 0.3) is 0 Å². The van der Waals surface area contributed by atoms with Gasteiger partial charge in [-0.2, -0.15) is 0 Å². The lowest BCUT2D eigenvalue weighted by atomic mass is 10.1. The van der Waals surface area contributed by atoms with Crippen LogP contribution in [0.1, 0.15) is 36.6 Å². The van der Waals surface area contributed by atoms with E-state index in [4.69, 9.17) is 18.9 Å². The molecule has 0 aliphatic carbocycles. The van der Waals surface area contributed by atoms with Gasteiger partial charge in [-0.15, -0.1) is 0 Å². The molecule has 2 N–H and O–H groups in total. The summed E-state index contributed by atoms with van der Waals surface area (Å²) in [5.41, 5.74) is 3.18. The molecule has 0 aromatic heterocycles. The minimum atomic E-state index is -0.0488. The molecule has 0 amide bonds. The summed E-state index contributed by atoms with van der Waals surface area (Å²) < 4.78 is 22.3. The highest BCUT2D eigenvalue weighted by molar-refractivity contribution is 5.80. The number of ether oxygens (including phenoxy) is 4. The minimum absolute atomic E-state index is 0.0488. The molecule has 0 saturated carbocycles. The summed E-state index contributed by atoms with van der Waals surface area (Å²) >= 11 is 0. The third kappa shape index (κ3) is 4.72. The number of benzene rings is 2. The van der Waals surface area contributed by atoms with Crippen molar-refractivity contribution in [2.24, 2.45) is 4.99 Å². The normalized spacial score (nSPS) is 16.3. The molecule has 30 heavy (non-hydrogen) atoms. The summed E-state index contributed by atoms with van der Waals surface area (Å²) in [4.78, 5) is 4.36. The molecule has 2 aromatic carbocycles. The summed E-state index contributed by atoms with van der Waals surface area (Å²) in [5.74, 6) is 4.01. The third-order valence-electron chi connectivity index (χ3n) is 5.23. The Morgan fingerprint density at radius 1 is 1.13 bits per heavy atom. The second-order valence-corrected chi connectivity index (χ2v) is 7.30. The van der Waals surface area contributed by atoms with Gasteiger partial charge in [0.2, 0.25) is 0 Å². The Morgan fingerprint density at radius 2 is 1.90 bits per heavy atom. The number of fused-ring (bicyclic) bond motifs is 1. The van der Waals surface area contributed by atoms with Gasteiger partial charge in [0.15, 0.2) is 5.96 Å². The summed E-state index contributed by atoms with van der Waals surface area (Å²) in [6.45, 7) is 4.68. The molecule has 0 bridgehead atoms. The lowest BCUT2D eigenvalue weighted by Crippen LogP contribution is -2.38. The number of rotatable bonds is 7. The Kier molecular flexibility index (Phi) is 6.92. The smallest absolute Gasteiger partial charge is 0.191 e. The van der Waals surface area contributed by atoms with Crippen LogP contribution < -0.4 is 29.6 Å². The molecule has 0 radical (unpaired) electrons. The average molecular weight is 414 g/mol. The zero-order valence-electron chi connectivity index (χ0n) is 18.5. The molecule has 2 atom stereocenters. The number of methoxy groups -OCH3 is 3. The molecule has 0 spiro atoms. The molecule has 1 heterocycles. The predicted molar refractivity (Wildman–Crippen MR) is 118 cm³/mol. The first kappa shape index (κ1) is 21.6. The number of aliphatic imine (C=N–C) groups is 1. The van der Waals surface area contributed by atoms with Crippen molar-refractivity contribution < 1.29 is 18.9 Å². The Morgan fingerprint density at radius 3 is 2.57 bits per heavy atom. The van der Waals surface area contributed by atoms with Gasteiger partial charge >= 0.3 is 0 Å². The minimum Gasteiger partial charge on any atom is -0.497 e. The Hall–Kier alpha value is -3.09. The molecule has 162 valence electrons. The van der Waals surface area contributed by atoms with Crippen molar-refractivity contribution in [3.8, 4) is 23.0 Å². The van der Waals surface area contributed by atoms with Crippen LogP contribution in [-0.4, -0.2) is 40.4 Å². The Labute approximate surface area is 178 Å². The lowest BCUT2D eigenvalue weighted by molar-refractivity contribution is 0.254. The topological polar surface area (TPSA) is 73.3 Å². The van der Waals surface area contributed by atoms with E-state index in [1.54, 1.807) is 28.4 Å². The van der Waals surface area contributed by atoms with E-state index in [9.17, 15) is 0 Å². The monoisotopic (exact) mass is 413 g/mol. The van der Waals surface area contributed by atoms with Gasteiger partial charge < -0.3 is 29.6 Å². The van der Waals surface area contributed by atoms with Crippen molar-refractivity contribution in [2.75, 3.05) is 28.4 Å². The Balaban J connectivity index is 1.71. The molecule has 1 aliphatic heterocycles. The first-order valence-corrected chi connectivity index (χ1v) is 10.0. The fourth-order valence-electron chi connectivity index (χ4n) is 3.64. The van der Waals surface area contributed by atoms with Gasteiger partial charge in [-0.1, -0.05) is 0 Å². The maximum Gasteiger partial charge on any atom is 0.191 e. The maximum absolute atomic E-state index is 5.89. The fourth-order valence-corrected chi connectivity index (χ4v) is 3.64. The summed E-state index contributed by atoms with van der Waals surface area (Å²) in [7, 11) is 6.75. The zero-order valence-corrected chi connectivity index (χ0v) is 18.5. The van der Waals surface area contributed by atoms with Crippen LogP contribution in [-0.2, 0) is 13.0 Å². The van der Waals surface area contributed by atoms with Gasteiger partial charge in [-0.3, -0.25) is 4.99 Å². The van der Waals surface area contributed by atoms with E-state index < -0.39 is 0 Å². The van der Waals surface area contributed by atoms with E-state index in [1.165, 1.54) is 5.56 Å². The van der Waals surface area contributed by atoms with E-state index in [-0.39, 0.29) is 12.1 Å². The second kappa shape index (κ2) is 9.61. The second-order valence-electron chi connectivity index (χ2n) is 7.30. The van der Waals surface area contributed by atoms with E-state index in [0.717, 1.165) is 40.5 Å². The van der Waals surface area contributed by atoms with Crippen LogP contribution in [0.5, 0.6) is 23.0 Å². The first-order valence-electron chi connectivity index (χ1n) is 10.0. The van der Waals surface area contributed by atoms with E-state index in [1.807, 2.05) is 24.3 Å². The summed E-state index contributed by atoms with van der Waals surface area (Å²) in [6.07, 6.45) is 1.10. The van der Waals surface area contributed by atoms with E-state index >= 15 is 0 Å². The Bertz CT molecular complexity index is 914. The first-order chi connectivity index (χ1) is 14.5. The largest absolute Gasteiger partial charge is 0.497 e. The van der Waals surface area contributed by atoms with E-state index in [2.05, 4.69) is 35.5 Å². The molecule has 2 aromatic rings. The highest BCUT2D eigenvalue weighted by Crippen LogP contribution is 2.35. The van der Waals surface area contributed by atoms with Crippen molar-refractivity contribution >= 4 is 5.96 Å². The molecule has 0 saturated heterocycles. The quantitative estimate of drug-likeness (QED) is 0.535. The van der Waals surface area contributed by atoms with Gasteiger partial charge in [-0.05, 0) is 44.2 Å². The molecule has 2 unspecified atom stereocenters.